The number of hydrogen-bond acceptors (Lipinski definition) is 4. The number of para-hydroxylation sites is 1. The van der Waals surface area contributed by atoms with Crippen LogP contribution in [0.2, 0.25) is 0 Å². The van der Waals surface area contributed by atoms with Gasteiger partial charge in [-0.1, -0.05) is 30.3 Å². The summed E-state index contributed by atoms with van der Waals surface area (Å²) in [4.78, 5) is 26.4. The summed E-state index contributed by atoms with van der Waals surface area (Å²) in [5, 5.41) is 0. The zero-order valence-corrected chi connectivity index (χ0v) is 15.6. The lowest BCUT2D eigenvalue weighted by Gasteiger charge is -2.21. The fourth-order valence-corrected chi connectivity index (χ4v) is 3.06. The molecule has 5 nitrogen and oxygen atoms in total. The van der Waals surface area contributed by atoms with Crippen LogP contribution in [0, 0.1) is 0 Å². The molecule has 0 radical (unpaired) electrons. The van der Waals surface area contributed by atoms with E-state index < -0.39 is 12.1 Å². The molecule has 0 saturated heterocycles. The van der Waals surface area contributed by atoms with E-state index in [1.54, 1.807) is 17.9 Å². The minimum absolute atomic E-state index is 0.206. The first-order valence-electron chi connectivity index (χ1n) is 9.09. The number of nitrogens with zero attached hydrogens (tertiary/aromatic N) is 1. The van der Waals surface area contributed by atoms with Crippen LogP contribution in [0.5, 0.6) is 5.75 Å². The van der Waals surface area contributed by atoms with Crippen LogP contribution in [0.3, 0.4) is 0 Å². The number of carbonyl (C=O) groups excluding carboxylic acids is 2. The molecule has 27 heavy (non-hydrogen) atoms. The van der Waals surface area contributed by atoms with E-state index in [-0.39, 0.29) is 5.91 Å². The predicted molar refractivity (Wildman–Crippen MR) is 105 cm³/mol. The van der Waals surface area contributed by atoms with Gasteiger partial charge in [-0.25, -0.2) is 4.79 Å². The molecule has 1 heterocycles. The largest absolute Gasteiger partial charge is 0.494 e. The Balaban J connectivity index is 1.56. The Morgan fingerprint density at radius 2 is 1.89 bits per heavy atom. The van der Waals surface area contributed by atoms with E-state index in [9.17, 15) is 9.59 Å². The molecule has 0 aliphatic carbocycles. The lowest BCUT2D eigenvalue weighted by atomic mass is 10.2. The third kappa shape index (κ3) is 4.56. The molecule has 0 saturated carbocycles. The van der Waals surface area contributed by atoms with E-state index in [0.717, 1.165) is 29.0 Å². The van der Waals surface area contributed by atoms with Gasteiger partial charge in [0.15, 0.2) is 6.10 Å². The smallest absolute Gasteiger partial charge is 0.331 e. The molecule has 1 aliphatic rings. The maximum absolute atomic E-state index is 12.6. The number of rotatable bonds is 6. The highest BCUT2D eigenvalue weighted by Gasteiger charge is 2.29. The fraction of sp³-hybridized carbons (Fsp3) is 0.273. The fourth-order valence-electron chi connectivity index (χ4n) is 3.06. The number of anilines is 1. The summed E-state index contributed by atoms with van der Waals surface area (Å²) in [6.45, 7) is 4.75. The van der Waals surface area contributed by atoms with Gasteiger partial charge in [-0.15, -0.1) is 0 Å². The average molecular weight is 365 g/mol. The van der Waals surface area contributed by atoms with Crippen molar-refractivity contribution in [2.75, 3.05) is 18.1 Å². The zero-order valence-electron chi connectivity index (χ0n) is 15.6. The second kappa shape index (κ2) is 8.54. The summed E-state index contributed by atoms with van der Waals surface area (Å²) in [5.41, 5.74) is 2.89. The molecule has 3 rings (SSSR count). The summed E-state index contributed by atoms with van der Waals surface area (Å²) in [7, 11) is 0. The molecule has 1 aliphatic heterocycles. The van der Waals surface area contributed by atoms with Crippen LogP contribution < -0.4 is 9.64 Å². The molecule has 1 amide bonds. The number of hydrogen-bond donors (Lipinski definition) is 0. The molecule has 1 atom stereocenters. The number of ether oxygens (including phenoxy) is 2. The van der Waals surface area contributed by atoms with Crippen molar-refractivity contribution >= 4 is 23.6 Å². The van der Waals surface area contributed by atoms with Gasteiger partial charge in [0, 0.05) is 18.3 Å². The number of esters is 1. The summed E-state index contributed by atoms with van der Waals surface area (Å²) in [6.07, 6.45) is 2.96. The van der Waals surface area contributed by atoms with Gasteiger partial charge in [0.2, 0.25) is 0 Å². The molecular weight excluding hydrogens is 342 g/mol. The number of benzene rings is 2. The molecule has 2 aromatic rings. The van der Waals surface area contributed by atoms with Gasteiger partial charge in [-0.05, 0) is 55.7 Å². The van der Waals surface area contributed by atoms with Crippen LogP contribution in [0.15, 0.2) is 54.6 Å². The first-order valence-corrected chi connectivity index (χ1v) is 9.09. The van der Waals surface area contributed by atoms with Crippen LogP contribution in [0.25, 0.3) is 6.08 Å². The zero-order chi connectivity index (χ0) is 19.2. The van der Waals surface area contributed by atoms with E-state index >= 15 is 0 Å². The Bertz CT molecular complexity index is 842. The second-order valence-electron chi connectivity index (χ2n) is 6.28. The quantitative estimate of drug-likeness (QED) is 0.580. The Kier molecular flexibility index (Phi) is 5.91. The highest BCUT2D eigenvalue weighted by molar-refractivity contribution is 6.00. The lowest BCUT2D eigenvalue weighted by Crippen LogP contribution is -2.38. The van der Waals surface area contributed by atoms with Crippen LogP contribution in [0.4, 0.5) is 5.69 Å². The number of amides is 1. The molecule has 0 spiro atoms. The molecule has 2 aromatic carbocycles. The Hall–Kier alpha value is -3.08. The maximum atomic E-state index is 12.6. The molecule has 5 heteroatoms. The van der Waals surface area contributed by atoms with E-state index in [1.807, 2.05) is 55.5 Å². The number of carbonyl (C=O) groups is 2. The van der Waals surface area contributed by atoms with Crippen molar-refractivity contribution < 1.29 is 19.1 Å². The highest BCUT2D eigenvalue weighted by atomic mass is 16.5. The third-order valence-electron chi connectivity index (χ3n) is 4.40. The van der Waals surface area contributed by atoms with Gasteiger partial charge in [-0.2, -0.15) is 0 Å². The van der Waals surface area contributed by atoms with Crippen LogP contribution in [-0.4, -0.2) is 31.1 Å². The molecule has 0 fully saturated rings. The van der Waals surface area contributed by atoms with Gasteiger partial charge < -0.3 is 14.4 Å². The predicted octanol–water partition coefficient (Wildman–Crippen LogP) is 3.62. The standard InChI is InChI=1S/C22H23NO4/c1-3-26-19-11-8-17(9-12-19)10-13-21(24)27-16(2)22(25)23-15-14-18-6-4-5-7-20(18)23/h4-13,16H,3,14-15H2,1-2H3/b13-10+/t16-/m1/s1. The normalized spacial score (nSPS) is 14.1. The van der Waals surface area contributed by atoms with Crippen molar-refractivity contribution in [1.29, 1.82) is 0 Å². The van der Waals surface area contributed by atoms with Gasteiger partial charge >= 0.3 is 5.97 Å². The van der Waals surface area contributed by atoms with Crippen LogP contribution in [-0.2, 0) is 20.7 Å². The van der Waals surface area contributed by atoms with Crippen molar-refractivity contribution in [2.24, 2.45) is 0 Å². The van der Waals surface area contributed by atoms with Crippen molar-refractivity contribution in [3.05, 3.63) is 65.7 Å². The van der Waals surface area contributed by atoms with Crippen molar-refractivity contribution in [1.82, 2.24) is 0 Å². The second-order valence-corrected chi connectivity index (χ2v) is 6.28. The molecule has 0 unspecified atom stereocenters. The van der Waals surface area contributed by atoms with Crippen LogP contribution in [0.1, 0.15) is 25.0 Å². The molecule has 140 valence electrons. The van der Waals surface area contributed by atoms with Gasteiger partial charge in [0.1, 0.15) is 5.75 Å². The first kappa shape index (κ1) is 18.7. The summed E-state index contributed by atoms with van der Waals surface area (Å²) in [6, 6.07) is 15.2. The van der Waals surface area contributed by atoms with E-state index in [1.165, 1.54) is 6.08 Å². The van der Waals surface area contributed by atoms with Gasteiger partial charge in [-0.3, -0.25) is 4.79 Å². The van der Waals surface area contributed by atoms with Crippen LogP contribution >= 0.6 is 0 Å². The average Bonchev–Trinajstić information content (AvgIpc) is 3.11. The Morgan fingerprint density at radius 1 is 1.15 bits per heavy atom. The summed E-state index contributed by atoms with van der Waals surface area (Å²) < 4.78 is 10.7. The lowest BCUT2D eigenvalue weighted by molar-refractivity contribution is -0.149. The minimum atomic E-state index is -0.839. The molecular formula is C22H23NO4. The van der Waals surface area contributed by atoms with E-state index in [4.69, 9.17) is 9.47 Å². The topological polar surface area (TPSA) is 55.8 Å². The van der Waals surface area contributed by atoms with Crippen molar-refractivity contribution in [3.63, 3.8) is 0 Å². The van der Waals surface area contributed by atoms with E-state index in [0.29, 0.717) is 13.2 Å². The molecule has 0 bridgehead atoms. The Morgan fingerprint density at radius 3 is 2.63 bits per heavy atom. The monoisotopic (exact) mass is 365 g/mol. The van der Waals surface area contributed by atoms with Crippen molar-refractivity contribution in [2.45, 2.75) is 26.4 Å². The van der Waals surface area contributed by atoms with E-state index in [2.05, 4.69) is 0 Å². The minimum Gasteiger partial charge on any atom is -0.494 e. The highest BCUT2D eigenvalue weighted by Crippen LogP contribution is 2.28. The SMILES string of the molecule is CCOc1ccc(/C=C/C(=O)O[C@H](C)C(=O)N2CCc3ccccc32)cc1. The Labute approximate surface area is 159 Å². The molecule has 0 aromatic heterocycles. The van der Waals surface area contributed by atoms with Crippen molar-refractivity contribution in [3.8, 4) is 5.75 Å². The maximum Gasteiger partial charge on any atom is 0.331 e. The number of fused-ring (bicyclic) bond motifs is 1. The summed E-state index contributed by atoms with van der Waals surface area (Å²) in [5.74, 6) is 0.0299. The van der Waals surface area contributed by atoms with Gasteiger partial charge in [0.05, 0.1) is 6.61 Å². The summed E-state index contributed by atoms with van der Waals surface area (Å²) >= 11 is 0. The molecule has 0 N–H and O–H groups in total. The van der Waals surface area contributed by atoms with Gasteiger partial charge in [0.25, 0.3) is 5.91 Å². The third-order valence-corrected chi connectivity index (χ3v) is 4.40. The first-order chi connectivity index (χ1) is 13.1.